The molecule has 0 aliphatic heterocycles. The Labute approximate surface area is 114 Å². The van der Waals surface area contributed by atoms with Crippen LogP contribution in [0.4, 0.5) is 4.39 Å². The molecule has 2 N–H and O–H groups in total. The van der Waals surface area contributed by atoms with Crippen LogP contribution in [0.5, 0.6) is 11.5 Å². The zero-order valence-electron chi connectivity index (χ0n) is 9.70. The molecule has 0 radical (unpaired) electrons. The molecule has 2 rings (SSSR count). The van der Waals surface area contributed by atoms with E-state index in [2.05, 4.69) is 15.9 Å². The van der Waals surface area contributed by atoms with E-state index in [9.17, 15) is 4.39 Å². The van der Waals surface area contributed by atoms with Crippen molar-refractivity contribution in [3.8, 4) is 11.5 Å². The number of para-hydroxylation sites is 1. The van der Waals surface area contributed by atoms with Gasteiger partial charge in [0.15, 0.2) is 0 Å². The summed E-state index contributed by atoms with van der Waals surface area (Å²) in [5.41, 5.74) is 6.30. The molecular formula is C14H13BrFNO. The van der Waals surface area contributed by atoms with Gasteiger partial charge in [-0.05, 0) is 58.7 Å². The van der Waals surface area contributed by atoms with Crippen LogP contribution in [0.2, 0.25) is 0 Å². The second-order valence-electron chi connectivity index (χ2n) is 3.87. The number of hydrogen-bond acceptors (Lipinski definition) is 2. The second-order valence-corrected chi connectivity index (χ2v) is 4.72. The summed E-state index contributed by atoms with van der Waals surface area (Å²) in [6.45, 7) is 0.484. The van der Waals surface area contributed by atoms with Gasteiger partial charge in [0.05, 0.1) is 4.47 Å². The van der Waals surface area contributed by atoms with Crippen LogP contribution in [0.3, 0.4) is 0 Å². The third kappa shape index (κ3) is 3.31. The Balaban J connectivity index is 2.26. The zero-order chi connectivity index (χ0) is 13.0. The molecule has 0 amide bonds. The molecule has 18 heavy (non-hydrogen) atoms. The molecule has 0 spiro atoms. The normalized spacial score (nSPS) is 10.4. The van der Waals surface area contributed by atoms with Gasteiger partial charge in [-0.2, -0.15) is 0 Å². The van der Waals surface area contributed by atoms with Crippen molar-refractivity contribution in [2.75, 3.05) is 6.54 Å². The molecule has 0 aliphatic rings. The third-order valence-electron chi connectivity index (χ3n) is 2.43. The summed E-state index contributed by atoms with van der Waals surface area (Å²) in [7, 11) is 0. The van der Waals surface area contributed by atoms with Gasteiger partial charge in [-0.3, -0.25) is 0 Å². The lowest BCUT2D eigenvalue weighted by Gasteiger charge is -2.09. The minimum Gasteiger partial charge on any atom is -0.456 e. The SMILES string of the molecule is NCCc1cc(F)cc(Oc2ccccc2Br)c1. The first-order valence-electron chi connectivity index (χ1n) is 5.61. The molecular weight excluding hydrogens is 297 g/mol. The van der Waals surface area contributed by atoms with Crippen LogP contribution >= 0.6 is 15.9 Å². The molecule has 0 aliphatic carbocycles. The van der Waals surface area contributed by atoms with Gasteiger partial charge in [-0.25, -0.2) is 4.39 Å². The molecule has 2 nitrogen and oxygen atoms in total. The minimum atomic E-state index is -0.317. The van der Waals surface area contributed by atoms with E-state index in [-0.39, 0.29) is 5.82 Å². The maximum absolute atomic E-state index is 13.4. The fourth-order valence-electron chi connectivity index (χ4n) is 1.65. The summed E-state index contributed by atoms with van der Waals surface area (Å²) in [5.74, 6) is 0.815. The van der Waals surface area contributed by atoms with E-state index >= 15 is 0 Å². The molecule has 0 fully saturated rings. The molecule has 4 heteroatoms. The number of ether oxygens (including phenoxy) is 1. The Morgan fingerprint density at radius 2 is 1.94 bits per heavy atom. The maximum Gasteiger partial charge on any atom is 0.141 e. The Morgan fingerprint density at radius 3 is 2.67 bits per heavy atom. The lowest BCUT2D eigenvalue weighted by atomic mass is 10.1. The average Bonchev–Trinajstić information content (AvgIpc) is 2.32. The second kappa shape index (κ2) is 5.98. The first kappa shape index (κ1) is 13.1. The van der Waals surface area contributed by atoms with E-state index in [4.69, 9.17) is 10.5 Å². The first-order valence-corrected chi connectivity index (χ1v) is 6.40. The largest absolute Gasteiger partial charge is 0.456 e. The Hall–Kier alpha value is -1.39. The van der Waals surface area contributed by atoms with Gasteiger partial charge in [0.1, 0.15) is 17.3 Å². The molecule has 0 saturated heterocycles. The number of hydrogen-bond donors (Lipinski definition) is 1. The van der Waals surface area contributed by atoms with Crippen molar-refractivity contribution in [3.05, 3.63) is 58.3 Å². The summed E-state index contributed by atoms with van der Waals surface area (Å²) >= 11 is 3.38. The van der Waals surface area contributed by atoms with Gasteiger partial charge < -0.3 is 10.5 Å². The van der Waals surface area contributed by atoms with E-state index in [0.29, 0.717) is 24.5 Å². The van der Waals surface area contributed by atoms with Gasteiger partial charge in [0.2, 0.25) is 0 Å². The molecule has 0 atom stereocenters. The van der Waals surface area contributed by atoms with Crippen LogP contribution in [-0.2, 0) is 6.42 Å². The van der Waals surface area contributed by atoms with Crippen molar-refractivity contribution in [2.24, 2.45) is 5.73 Å². The summed E-state index contributed by atoms with van der Waals surface area (Å²) < 4.78 is 19.9. The molecule has 0 unspecified atom stereocenters. The lowest BCUT2D eigenvalue weighted by Crippen LogP contribution is -2.03. The summed E-state index contributed by atoms with van der Waals surface area (Å²) in [6.07, 6.45) is 0.629. The van der Waals surface area contributed by atoms with Gasteiger partial charge in [-0.1, -0.05) is 12.1 Å². The van der Waals surface area contributed by atoms with Gasteiger partial charge in [0, 0.05) is 6.07 Å². The van der Waals surface area contributed by atoms with Crippen molar-refractivity contribution in [1.29, 1.82) is 0 Å². The van der Waals surface area contributed by atoms with Crippen LogP contribution in [-0.4, -0.2) is 6.54 Å². The van der Waals surface area contributed by atoms with Crippen molar-refractivity contribution in [2.45, 2.75) is 6.42 Å². The van der Waals surface area contributed by atoms with Crippen molar-refractivity contribution >= 4 is 15.9 Å². The molecule has 2 aromatic rings. The number of benzene rings is 2. The van der Waals surface area contributed by atoms with Crippen molar-refractivity contribution < 1.29 is 9.13 Å². The zero-order valence-corrected chi connectivity index (χ0v) is 11.3. The van der Waals surface area contributed by atoms with Crippen molar-refractivity contribution in [3.63, 3.8) is 0 Å². The van der Waals surface area contributed by atoms with E-state index in [1.54, 1.807) is 6.07 Å². The first-order chi connectivity index (χ1) is 8.69. The highest BCUT2D eigenvalue weighted by Crippen LogP contribution is 2.30. The van der Waals surface area contributed by atoms with Crippen LogP contribution < -0.4 is 10.5 Å². The molecule has 0 heterocycles. The summed E-state index contributed by atoms with van der Waals surface area (Å²) in [4.78, 5) is 0. The monoisotopic (exact) mass is 309 g/mol. The molecule has 2 aromatic carbocycles. The fourth-order valence-corrected chi connectivity index (χ4v) is 2.01. The van der Waals surface area contributed by atoms with E-state index < -0.39 is 0 Å². The maximum atomic E-state index is 13.4. The third-order valence-corrected chi connectivity index (χ3v) is 3.08. The van der Waals surface area contributed by atoms with Crippen LogP contribution in [0.25, 0.3) is 0 Å². The number of halogens is 2. The fraction of sp³-hybridized carbons (Fsp3) is 0.143. The number of rotatable bonds is 4. The number of nitrogens with two attached hydrogens (primary N) is 1. The summed E-state index contributed by atoms with van der Waals surface area (Å²) in [5, 5.41) is 0. The predicted molar refractivity (Wildman–Crippen MR) is 73.4 cm³/mol. The Bertz CT molecular complexity index is 545. The predicted octanol–water partition coefficient (Wildman–Crippen LogP) is 3.88. The highest BCUT2D eigenvalue weighted by molar-refractivity contribution is 9.10. The molecule has 0 aromatic heterocycles. The van der Waals surface area contributed by atoms with Gasteiger partial charge in [-0.15, -0.1) is 0 Å². The Kier molecular flexibility index (Phi) is 4.33. The standard InChI is InChI=1S/C14H13BrFNO/c15-13-3-1-2-4-14(13)18-12-8-10(5-6-17)7-11(16)9-12/h1-4,7-9H,5-6,17H2. The van der Waals surface area contributed by atoms with Gasteiger partial charge >= 0.3 is 0 Å². The average molecular weight is 310 g/mol. The van der Waals surface area contributed by atoms with E-state index in [0.717, 1.165) is 10.0 Å². The van der Waals surface area contributed by atoms with E-state index in [1.165, 1.54) is 12.1 Å². The minimum absolute atomic E-state index is 0.317. The molecule has 94 valence electrons. The summed E-state index contributed by atoms with van der Waals surface area (Å²) in [6, 6.07) is 12.1. The van der Waals surface area contributed by atoms with Crippen LogP contribution in [0.15, 0.2) is 46.9 Å². The van der Waals surface area contributed by atoms with E-state index in [1.807, 2.05) is 24.3 Å². The smallest absolute Gasteiger partial charge is 0.141 e. The molecule has 0 bridgehead atoms. The lowest BCUT2D eigenvalue weighted by molar-refractivity contribution is 0.473. The van der Waals surface area contributed by atoms with Gasteiger partial charge in [0.25, 0.3) is 0 Å². The molecule has 0 saturated carbocycles. The topological polar surface area (TPSA) is 35.2 Å². The van der Waals surface area contributed by atoms with Crippen LogP contribution in [0, 0.1) is 5.82 Å². The Morgan fingerprint density at radius 1 is 1.17 bits per heavy atom. The highest BCUT2D eigenvalue weighted by atomic mass is 79.9. The van der Waals surface area contributed by atoms with Crippen molar-refractivity contribution in [1.82, 2.24) is 0 Å². The van der Waals surface area contributed by atoms with Crippen LogP contribution in [0.1, 0.15) is 5.56 Å². The quantitative estimate of drug-likeness (QED) is 0.930. The highest BCUT2D eigenvalue weighted by Gasteiger charge is 2.05.